The number of fused-ring (bicyclic) bond motifs is 1. The molecule has 0 aliphatic heterocycles. The van der Waals surface area contributed by atoms with Crippen molar-refractivity contribution in [3.05, 3.63) is 59.7 Å². The highest BCUT2D eigenvalue weighted by molar-refractivity contribution is 5.72. The Bertz CT molecular complexity index is 816. The maximum atomic E-state index is 3.61. The van der Waals surface area contributed by atoms with Gasteiger partial charge < -0.3 is 4.90 Å². The molecule has 0 unspecified atom stereocenters. The van der Waals surface area contributed by atoms with Crippen molar-refractivity contribution in [1.29, 1.82) is 0 Å². The van der Waals surface area contributed by atoms with Crippen molar-refractivity contribution in [3.63, 3.8) is 0 Å². The molecular formula is C22H32N4+2. The van der Waals surface area contributed by atoms with E-state index >= 15 is 0 Å². The number of quaternary nitrogens is 1. The second-order valence-electron chi connectivity index (χ2n) is 6.87. The van der Waals surface area contributed by atoms with Crippen LogP contribution < -0.4 is 14.8 Å². The van der Waals surface area contributed by atoms with Crippen molar-refractivity contribution in [2.24, 2.45) is 0 Å². The van der Waals surface area contributed by atoms with E-state index in [-0.39, 0.29) is 0 Å². The topological polar surface area (TPSA) is 36.1 Å². The third-order valence-electron chi connectivity index (χ3n) is 5.30. The number of rotatable bonds is 9. The van der Waals surface area contributed by atoms with E-state index in [1.165, 1.54) is 35.2 Å². The molecule has 0 fully saturated rings. The van der Waals surface area contributed by atoms with Gasteiger partial charge in [-0.2, -0.15) is 0 Å². The molecule has 2 aromatic carbocycles. The number of H-pyrrole nitrogens is 1. The molecule has 4 heteroatoms. The van der Waals surface area contributed by atoms with E-state index < -0.39 is 0 Å². The third kappa shape index (κ3) is 4.25. The van der Waals surface area contributed by atoms with Crippen LogP contribution in [-0.2, 0) is 19.5 Å². The predicted octanol–water partition coefficient (Wildman–Crippen LogP) is 2.55. The summed E-state index contributed by atoms with van der Waals surface area (Å²) in [6.45, 7) is 12.0. The van der Waals surface area contributed by atoms with Crippen LogP contribution in [0.25, 0.3) is 11.0 Å². The molecule has 0 aliphatic rings. The summed E-state index contributed by atoms with van der Waals surface area (Å²) in [4.78, 5) is 5.19. The molecule has 0 spiro atoms. The minimum Gasteiger partial charge on any atom is -0.333 e. The van der Waals surface area contributed by atoms with Gasteiger partial charge in [-0.1, -0.05) is 43.3 Å². The lowest BCUT2D eigenvalue weighted by molar-refractivity contribution is -0.913. The molecule has 3 aromatic rings. The Balaban J connectivity index is 1.78. The van der Waals surface area contributed by atoms with Crippen LogP contribution in [-0.4, -0.2) is 24.6 Å². The zero-order chi connectivity index (χ0) is 18.4. The summed E-state index contributed by atoms with van der Waals surface area (Å²) in [5, 5.41) is 3.61. The quantitative estimate of drug-likeness (QED) is 0.509. The zero-order valence-corrected chi connectivity index (χ0v) is 16.3. The number of hydrogen-bond acceptors (Lipinski definition) is 1. The fourth-order valence-electron chi connectivity index (χ4n) is 3.45. The second-order valence-corrected chi connectivity index (χ2v) is 6.87. The predicted molar refractivity (Wildman–Crippen MR) is 109 cm³/mol. The van der Waals surface area contributed by atoms with Crippen molar-refractivity contribution >= 4 is 17.0 Å². The number of aryl methyl sites for hydroxylation is 1. The van der Waals surface area contributed by atoms with Crippen LogP contribution in [0.2, 0.25) is 0 Å². The van der Waals surface area contributed by atoms with Crippen LogP contribution in [0.1, 0.15) is 31.9 Å². The molecule has 138 valence electrons. The lowest BCUT2D eigenvalue weighted by atomic mass is 10.1. The summed E-state index contributed by atoms with van der Waals surface area (Å²) >= 11 is 0. The fraction of sp³-hybridized carbons (Fsp3) is 0.409. The fourth-order valence-corrected chi connectivity index (χ4v) is 3.45. The summed E-state index contributed by atoms with van der Waals surface area (Å²) in [7, 11) is 0. The first-order chi connectivity index (χ1) is 12.7. The van der Waals surface area contributed by atoms with Gasteiger partial charge in [-0.25, -0.2) is 9.55 Å². The van der Waals surface area contributed by atoms with Gasteiger partial charge in [-0.3, -0.25) is 5.32 Å². The standard InChI is InChI=1S/C22H30N4/c1-4-18-11-13-19(14-12-18)17-23-22-24-20-9-7-8-10-21(20)26(22)16-15-25(5-2)6-3/h7-14H,4-6,15-17H2,1-3H3,(H,23,24)/p+2. The number of aromatic nitrogens is 2. The number of hydrogen-bond donors (Lipinski definition) is 3. The van der Waals surface area contributed by atoms with E-state index in [2.05, 4.69) is 84.2 Å². The molecule has 3 rings (SSSR count). The Morgan fingerprint density at radius 2 is 1.62 bits per heavy atom. The Morgan fingerprint density at radius 3 is 2.31 bits per heavy atom. The lowest BCUT2D eigenvalue weighted by Crippen LogP contribution is -3.12. The molecule has 4 nitrogen and oxygen atoms in total. The molecule has 0 saturated heterocycles. The summed E-state index contributed by atoms with van der Waals surface area (Å²) in [6.07, 6.45) is 1.09. The number of imidazole rings is 1. The monoisotopic (exact) mass is 352 g/mol. The SMILES string of the molecule is CCc1ccc(CNc2[nH]c3ccccc3[n+]2CC[NH+](CC)CC)cc1. The molecule has 1 aromatic heterocycles. The van der Waals surface area contributed by atoms with E-state index in [1.54, 1.807) is 4.90 Å². The first-order valence-electron chi connectivity index (χ1n) is 9.90. The summed E-state index contributed by atoms with van der Waals surface area (Å²) in [5.74, 6) is 1.09. The molecule has 0 saturated carbocycles. The van der Waals surface area contributed by atoms with E-state index in [0.29, 0.717) is 0 Å². The van der Waals surface area contributed by atoms with Gasteiger partial charge in [0.2, 0.25) is 0 Å². The van der Waals surface area contributed by atoms with Gasteiger partial charge in [-0.15, -0.1) is 0 Å². The van der Waals surface area contributed by atoms with Gasteiger partial charge in [0, 0.05) is 0 Å². The molecule has 3 N–H and O–H groups in total. The Kier molecular flexibility index (Phi) is 6.29. The normalized spacial score (nSPS) is 11.4. The smallest absolute Gasteiger partial charge is 0.333 e. The molecule has 26 heavy (non-hydrogen) atoms. The second kappa shape index (κ2) is 8.86. The van der Waals surface area contributed by atoms with E-state index in [9.17, 15) is 0 Å². The Hall–Kier alpha value is -2.33. The molecule has 0 radical (unpaired) electrons. The van der Waals surface area contributed by atoms with Crippen LogP contribution in [0.5, 0.6) is 0 Å². The van der Waals surface area contributed by atoms with E-state index in [1.807, 2.05) is 0 Å². The number of likely N-dealkylation sites (N-methyl/N-ethyl adjacent to an activating group) is 1. The lowest BCUT2D eigenvalue weighted by Gasteiger charge is -2.14. The maximum Gasteiger partial charge on any atom is 0.356 e. The molecular weight excluding hydrogens is 320 g/mol. The molecule has 0 amide bonds. The van der Waals surface area contributed by atoms with Crippen LogP contribution in [0, 0.1) is 0 Å². The van der Waals surface area contributed by atoms with Gasteiger partial charge >= 0.3 is 5.95 Å². The summed E-state index contributed by atoms with van der Waals surface area (Å²) in [5.41, 5.74) is 5.15. The zero-order valence-electron chi connectivity index (χ0n) is 16.3. The molecule has 1 heterocycles. The number of para-hydroxylation sites is 2. The average molecular weight is 353 g/mol. The highest BCUT2D eigenvalue weighted by Crippen LogP contribution is 2.13. The third-order valence-corrected chi connectivity index (χ3v) is 5.30. The molecule has 0 bridgehead atoms. The Labute approximate surface area is 156 Å². The first-order valence-corrected chi connectivity index (χ1v) is 9.90. The minimum atomic E-state index is 0.828. The summed E-state index contributed by atoms with van der Waals surface area (Å²) in [6, 6.07) is 17.4. The highest BCUT2D eigenvalue weighted by atomic mass is 15.2. The van der Waals surface area contributed by atoms with Crippen LogP contribution in [0.15, 0.2) is 48.5 Å². The van der Waals surface area contributed by atoms with Crippen molar-refractivity contribution in [3.8, 4) is 0 Å². The van der Waals surface area contributed by atoms with Gasteiger partial charge in [-0.05, 0) is 43.5 Å². The number of nitrogens with one attached hydrogen (secondary N) is 3. The van der Waals surface area contributed by atoms with E-state index in [0.717, 1.165) is 32.0 Å². The van der Waals surface area contributed by atoms with Crippen molar-refractivity contribution < 1.29 is 9.47 Å². The number of aromatic amines is 1. The average Bonchev–Trinajstić information content (AvgIpc) is 3.05. The number of nitrogens with zero attached hydrogens (tertiary/aromatic N) is 1. The van der Waals surface area contributed by atoms with Gasteiger partial charge in [0.05, 0.1) is 19.6 Å². The van der Waals surface area contributed by atoms with Gasteiger partial charge in [0.1, 0.15) is 24.1 Å². The summed E-state index contributed by atoms with van der Waals surface area (Å²) < 4.78 is 2.39. The minimum absolute atomic E-state index is 0.828. The maximum absolute atomic E-state index is 3.61. The van der Waals surface area contributed by atoms with Gasteiger partial charge in [0.25, 0.3) is 0 Å². The van der Waals surface area contributed by atoms with Crippen LogP contribution in [0.3, 0.4) is 0 Å². The van der Waals surface area contributed by atoms with Crippen LogP contribution >= 0.6 is 0 Å². The van der Waals surface area contributed by atoms with Crippen molar-refractivity contribution in [2.45, 2.75) is 40.3 Å². The molecule has 0 atom stereocenters. The van der Waals surface area contributed by atoms with Crippen LogP contribution in [0.4, 0.5) is 5.95 Å². The van der Waals surface area contributed by atoms with E-state index in [4.69, 9.17) is 0 Å². The van der Waals surface area contributed by atoms with Gasteiger partial charge in [0.15, 0.2) is 0 Å². The highest BCUT2D eigenvalue weighted by Gasteiger charge is 2.18. The van der Waals surface area contributed by atoms with Crippen molar-refractivity contribution in [2.75, 3.05) is 25.0 Å². The Morgan fingerprint density at radius 1 is 0.923 bits per heavy atom. The number of benzene rings is 2. The first kappa shape index (κ1) is 18.5. The number of anilines is 1. The van der Waals surface area contributed by atoms with Crippen molar-refractivity contribution in [1.82, 2.24) is 4.98 Å². The largest absolute Gasteiger partial charge is 0.356 e. The molecule has 0 aliphatic carbocycles.